The maximum Gasteiger partial charge on any atom is 0.269 e. The van der Waals surface area contributed by atoms with Gasteiger partial charge in [0.05, 0.1) is 10.7 Å². The molecule has 0 fully saturated rings. The topological polar surface area (TPSA) is 60.2 Å². The highest BCUT2D eigenvalue weighted by molar-refractivity contribution is 7.81. The largest absolute Gasteiger partial charge is 0.293 e. The molecule has 5 heteroatoms. The van der Waals surface area contributed by atoms with Crippen molar-refractivity contribution < 1.29 is 9.72 Å². The van der Waals surface area contributed by atoms with Crippen LogP contribution in [0.2, 0.25) is 0 Å². The van der Waals surface area contributed by atoms with Gasteiger partial charge in [-0.25, -0.2) is 0 Å². The van der Waals surface area contributed by atoms with Crippen LogP contribution in [0.25, 0.3) is 0 Å². The van der Waals surface area contributed by atoms with Crippen LogP contribution in [0.1, 0.15) is 10.4 Å². The van der Waals surface area contributed by atoms with E-state index in [1.54, 1.807) is 30.3 Å². The summed E-state index contributed by atoms with van der Waals surface area (Å²) in [6.07, 6.45) is 0. The molecule has 0 heterocycles. The first-order valence-electron chi connectivity index (χ1n) is 5.53. The highest BCUT2D eigenvalue weighted by atomic mass is 32.1. The van der Waals surface area contributed by atoms with E-state index in [9.17, 15) is 14.9 Å². The average molecular weight is 275 g/mol. The Morgan fingerprint density at radius 3 is 1.84 bits per heavy atom. The van der Waals surface area contributed by atoms with Gasteiger partial charge < -0.3 is 0 Å². The Balaban J connectivity index is 0.000000191. The Kier molecular flexibility index (Phi) is 6.32. The van der Waals surface area contributed by atoms with Crippen LogP contribution in [0.4, 0.5) is 5.69 Å². The molecule has 0 saturated heterocycles. The fraction of sp³-hybridized carbons (Fsp3) is 0.0714. The molecule has 19 heavy (non-hydrogen) atoms. The quantitative estimate of drug-likeness (QED) is 0.404. The second-order valence-electron chi connectivity index (χ2n) is 3.54. The fourth-order valence-corrected chi connectivity index (χ4v) is 1.45. The minimum absolute atomic E-state index is 0.0731. The van der Waals surface area contributed by atoms with Gasteiger partial charge >= 0.3 is 0 Å². The molecular weight excluding hydrogens is 262 g/mol. The number of hydrogen-bond donors (Lipinski definition) is 1. The number of nitro groups is 1. The van der Waals surface area contributed by atoms with E-state index in [1.807, 2.05) is 18.2 Å². The molecule has 0 saturated carbocycles. The summed E-state index contributed by atoms with van der Waals surface area (Å²) in [5.41, 5.74) is 0.870. The lowest BCUT2D eigenvalue weighted by molar-refractivity contribution is -0.384. The zero-order chi connectivity index (χ0) is 14.1. The van der Waals surface area contributed by atoms with E-state index in [0.29, 0.717) is 0 Å². The lowest BCUT2D eigenvalue weighted by atomic mass is 10.2. The van der Waals surface area contributed by atoms with E-state index in [-0.39, 0.29) is 17.2 Å². The molecule has 0 aliphatic carbocycles. The van der Waals surface area contributed by atoms with E-state index >= 15 is 0 Å². The van der Waals surface area contributed by atoms with Crippen LogP contribution >= 0.6 is 12.6 Å². The number of carbonyl (C=O) groups is 1. The standard InChI is InChI=1S/C8H8OS.C6H5NO2/c9-8(6-10)7-4-2-1-3-5-7;8-7(9)6-4-2-1-3-5-6/h1-5,10H,6H2;1-5H. The van der Waals surface area contributed by atoms with Crippen molar-refractivity contribution in [3.05, 3.63) is 76.3 Å². The first-order chi connectivity index (χ1) is 9.15. The Morgan fingerprint density at radius 1 is 1.00 bits per heavy atom. The molecular formula is C14H13NO3S. The van der Waals surface area contributed by atoms with Crippen LogP contribution in [-0.4, -0.2) is 16.5 Å². The molecule has 0 bridgehead atoms. The van der Waals surface area contributed by atoms with Gasteiger partial charge in [-0.05, 0) is 0 Å². The average Bonchev–Trinajstić information content (AvgIpc) is 2.49. The summed E-state index contributed by atoms with van der Waals surface area (Å²) in [5, 5.41) is 10.0. The minimum Gasteiger partial charge on any atom is -0.293 e. The number of ketones is 1. The van der Waals surface area contributed by atoms with E-state index in [2.05, 4.69) is 12.6 Å². The normalized spacial score (nSPS) is 9.11. The monoisotopic (exact) mass is 275 g/mol. The Labute approximate surface area is 116 Å². The van der Waals surface area contributed by atoms with Crippen molar-refractivity contribution in [2.24, 2.45) is 0 Å². The SMILES string of the molecule is O=C(CS)c1ccccc1.O=[N+]([O-])c1ccccc1. The lowest BCUT2D eigenvalue weighted by Crippen LogP contribution is -1.98. The number of thiol groups is 1. The number of para-hydroxylation sites is 1. The molecule has 0 N–H and O–H groups in total. The van der Waals surface area contributed by atoms with Gasteiger partial charge in [-0.1, -0.05) is 48.5 Å². The van der Waals surface area contributed by atoms with Crippen molar-refractivity contribution in [3.8, 4) is 0 Å². The minimum atomic E-state index is -0.417. The van der Waals surface area contributed by atoms with Gasteiger partial charge in [0.2, 0.25) is 0 Å². The van der Waals surface area contributed by atoms with Gasteiger partial charge in [0, 0.05) is 17.7 Å². The van der Waals surface area contributed by atoms with Gasteiger partial charge in [-0.15, -0.1) is 0 Å². The van der Waals surface area contributed by atoms with Gasteiger partial charge in [-0.2, -0.15) is 12.6 Å². The molecule has 2 aromatic rings. The molecule has 0 radical (unpaired) electrons. The lowest BCUT2D eigenvalue weighted by Gasteiger charge is -1.93. The molecule has 98 valence electrons. The third-order valence-electron chi connectivity index (χ3n) is 2.21. The van der Waals surface area contributed by atoms with Crippen LogP contribution in [0.3, 0.4) is 0 Å². The van der Waals surface area contributed by atoms with Crippen molar-refractivity contribution in [2.45, 2.75) is 0 Å². The summed E-state index contributed by atoms with van der Waals surface area (Å²) in [7, 11) is 0. The number of carbonyl (C=O) groups excluding carboxylic acids is 1. The summed E-state index contributed by atoms with van der Waals surface area (Å²) in [4.78, 5) is 20.5. The highest BCUT2D eigenvalue weighted by Gasteiger charge is 1.99. The van der Waals surface area contributed by atoms with Crippen molar-refractivity contribution in [1.29, 1.82) is 0 Å². The number of hydrogen-bond acceptors (Lipinski definition) is 4. The molecule has 4 nitrogen and oxygen atoms in total. The zero-order valence-electron chi connectivity index (χ0n) is 10.1. The van der Waals surface area contributed by atoms with Crippen molar-refractivity contribution >= 4 is 24.1 Å². The van der Waals surface area contributed by atoms with Crippen LogP contribution in [-0.2, 0) is 0 Å². The zero-order valence-corrected chi connectivity index (χ0v) is 11.0. The van der Waals surface area contributed by atoms with Crippen LogP contribution in [0, 0.1) is 10.1 Å². The first kappa shape index (κ1) is 14.9. The van der Waals surface area contributed by atoms with E-state index < -0.39 is 4.92 Å². The predicted octanol–water partition coefficient (Wildman–Crippen LogP) is 3.39. The van der Waals surface area contributed by atoms with Gasteiger partial charge in [-0.3, -0.25) is 14.9 Å². The Hall–Kier alpha value is -2.14. The molecule has 0 amide bonds. The Bertz CT molecular complexity index is 529. The third kappa shape index (κ3) is 5.35. The maximum atomic E-state index is 10.9. The molecule has 0 aromatic heterocycles. The van der Waals surface area contributed by atoms with Crippen LogP contribution in [0.5, 0.6) is 0 Å². The number of benzene rings is 2. The molecule has 2 rings (SSSR count). The van der Waals surface area contributed by atoms with Gasteiger partial charge in [0.1, 0.15) is 0 Å². The van der Waals surface area contributed by atoms with Crippen LogP contribution < -0.4 is 0 Å². The van der Waals surface area contributed by atoms with E-state index in [4.69, 9.17) is 0 Å². The second-order valence-corrected chi connectivity index (χ2v) is 3.86. The summed E-state index contributed by atoms with van der Waals surface area (Å²) >= 11 is 3.88. The number of nitrogens with zero attached hydrogens (tertiary/aromatic N) is 1. The predicted molar refractivity (Wildman–Crippen MR) is 77.7 cm³/mol. The molecule has 0 atom stereocenters. The molecule has 0 aliphatic rings. The van der Waals surface area contributed by atoms with Gasteiger partial charge in [0.25, 0.3) is 5.69 Å². The summed E-state index contributed by atoms with van der Waals surface area (Å²) in [5.74, 6) is 0.355. The fourth-order valence-electron chi connectivity index (χ4n) is 1.27. The van der Waals surface area contributed by atoms with Crippen molar-refractivity contribution in [2.75, 3.05) is 5.75 Å². The smallest absolute Gasteiger partial charge is 0.269 e. The number of nitro benzene ring substituents is 1. The number of rotatable bonds is 3. The molecule has 0 aliphatic heterocycles. The molecule has 0 unspecified atom stereocenters. The van der Waals surface area contributed by atoms with Gasteiger partial charge in [0.15, 0.2) is 5.78 Å². The summed E-state index contributed by atoms with van der Waals surface area (Å²) in [6, 6.07) is 17.1. The second kappa shape index (κ2) is 8.05. The summed E-state index contributed by atoms with van der Waals surface area (Å²) in [6.45, 7) is 0. The van der Waals surface area contributed by atoms with E-state index in [0.717, 1.165) is 5.56 Å². The first-order valence-corrected chi connectivity index (χ1v) is 6.17. The maximum absolute atomic E-state index is 10.9. The molecule has 0 spiro atoms. The number of non-ortho nitro benzene ring substituents is 1. The van der Waals surface area contributed by atoms with Crippen LogP contribution in [0.15, 0.2) is 60.7 Å². The Morgan fingerprint density at radius 2 is 1.47 bits per heavy atom. The third-order valence-corrected chi connectivity index (χ3v) is 2.49. The van der Waals surface area contributed by atoms with E-state index in [1.165, 1.54) is 12.1 Å². The van der Waals surface area contributed by atoms with Crippen molar-refractivity contribution in [1.82, 2.24) is 0 Å². The van der Waals surface area contributed by atoms with Crippen molar-refractivity contribution in [3.63, 3.8) is 0 Å². The number of Topliss-reactive ketones (excluding diaryl/α,β-unsaturated/α-hetero) is 1. The highest BCUT2D eigenvalue weighted by Crippen LogP contribution is 2.06. The molecule has 2 aromatic carbocycles. The summed E-state index contributed by atoms with van der Waals surface area (Å²) < 4.78 is 0.